The molecule has 22 heavy (non-hydrogen) atoms. The molecule has 0 spiro atoms. The highest BCUT2D eigenvalue weighted by Gasteiger charge is 2.24. The number of rotatable bonds is 4. The van der Waals surface area contributed by atoms with E-state index in [1.54, 1.807) is 0 Å². The average molecular weight is 336 g/mol. The molecular weight excluding hydrogens is 316 g/mol. The van der Waals surface area contributed by atoms with Crippen LogP contribution in [0.2, 0.25) is 0 Å². The summed E-state index contributed by atoms with van der Waals surface area (Å²) in [6.45, 7) is 1.92. The molecule has 5 nitrogen and oxygen atoms in total. The zero-order valence-corrected chi connectivity index (χ0v) is 14.4. The van der Waals surface area contributed by atoms with Gasteiger partial charge in [0.05, 0.1) is 5.01 Å². The van der Waals surface area contributed by atoms with Gasteiger partial charge in [-0.1, -0.05) is 11.8 Å². The standard InChI is InChI=1S/C15H20N4OS2/c1-10-17-13(9-21-10)14(20)18-11-3-5-12(6-4-11)22-15-16-7-8-19(15)2/h7-9,11-12H,3-6H2,1-2H3,(H,18,20). The lowest BCUT2D eigenvalue weighted by atomic mass is 9.95. The topological polar surface area (TPSA) is 59.8 Å². The minimum Gasteiger partial charge on any atom is -0.348 e. The molecular formula is C15H20N4OS2. The second-order valence-corrected chi connectivity index (χ2v) is 7.97. The molecule has 2 heterocycles. The summed E-state index contributed by atoms with van der Waals surface area (Å²) in [5.41, 5.74) is 0.548. The lowest BCUT2D eigenvalue weighted by molar-refractivity contribution is 0.0923. The van der Waals surface area contributed by atoms with Gasteiger partial charge in [-0.25, -0.2) is 9.97 Å². The van der Waals surface area contributed by atoms with Crippen molar-refractivity contribution in [1.29, 1.82) is 0 Å². The number of carbonyl (C=O) groups is 1. The summed E-state index contributed by atoms with van der Waals surface area (Å²) < 4.78 is 2.06. The van der Waals surface area contributed by atoms with Crippen molar-refractivity contribution in [2.24, 2.45) is 7.05 Å². The average Bonchev–Trinajstić information content (AvgIpc) is 3.10. The van der Waals surface area contributed by atoms with E-state index in [9.17, 15) is 4.79 Å². The van der Waals surface area contributed by atoms with Crippen LogP contribution in [0.5, 0.6) is 0 Å². The largest absolute Gasteiger partial charge is 0.348 e. The van der Waals surface area contributed by atoms with Gasteiger partial charge in [0.1, 0.15) is 5.69 Å². The molecule has 0 aromatic carbocycles. The molecule has 1 fully saturated rings. The summed E-state index contributed by atoms with van der Waals surface area (Å²) in [4.78, 5) is 20.7. The summed E-state index contributed by atoms with van der Waals surface area (Å²) >= 11 is 3.36. The predicted octanol–water partition coefficient (Wildman–Crippen LogP) is 3.02. The Hall–Kier alpha value is -1.34. The van der Waals surface area contributed by atoms with Gasteiger partial charge in [0.25, 0.3) is 5.91 Å². The predicted molar refractivity (Wildman–Crippen MR) is 89.4 cm³/mol. The van der Waals surface area contributed by atoms with Crippen LogP contribution in [0.3, 0.4) is 0 Å². The number of amides is 1. The number of nitrogens with one attached hydrogen (secondary N) is 1. The first-order chi connectivity index (χ1) is 10.6. The number of carbonyl (C=O) groups excluding carboxylic acids is 1. The molecule has 0 radical (unpaired) electrons. The molecule has 0 atom stereocenters. The number of imidazole rings is 1. The van der Waals surface area contributed by atoms with Crippen molar-refractivity contribution in [3.05, 3.63) is 28.5 Å². The molecule has 1 aliphatic carbocycles. The highest BCUT2D eigenvalue weighted by Crippen LogP contribution is 2.32. The van der Waals surface area contributed by atoms with Crippen molar-refractivity contribution in [3.8, 4) is 0 Å². The molecule has 1 aliphatic rings. The molecule has 0 saturated heterocycles. The van der Waals surface area contributed by atoms with E-state index in [2.05, 4.69) is 19.9 Å². The molecule has 0 unspecified atom stereocenters. The van der Waals surface area contributed by atoms with Gasteiger partial charge in [0, 0.05) is 36.1 Å². The molecule has 7 heteroatoms. The van der Waals surface area contributed by atoms with E-state index in [-0.39, 0.29) is 11.9 Å². The number of aryl methyl sites for hydroxylation is 2. The quantitative estimate of drug-likeness (QED) is 0.932. The number of hydrogen-bond donors (Lipinski definition) is 1. The Morgan fingerprint density at radius 2 is 2.18 bits per heavy atom. The van der Waals surface area contributed by atoms with Gasteiger partial charge >= 0.3 is 0 Å². The van der Waals surface area contributed by atoms with Crippen molar-refractivity contribution >= 4 is 29.0 Å². The van der Waals surface area contributed by atoms with Crippen LogP contribution in [0, 0.1) is 6.92 Å². The first-order valence-corrected chi connectivity index (χ1v) is 9.24. The van der Waals surface area contributed by atoms with Crippen LogP contribution in [0.25, 0.3) is 0 Å². The van der Waals surface area contributed by atoms with Gasteiger partial charge in [0.2, 0.25) is 0 Å². The number of thioether (sulfide) groups is 1. The Kier molecular flexibility index (Phi) is 4.83. The smallest absolute Gasteiger partial charge is 0.270 e. The molecule has 3 rings (SSSR count). The van der Waals surface area contributed by atoms with Crippen LogP contribution in [-0.4, -0.2) is 31.7 Å². The van der Waals surface area contributed by atoms with E-state index in [0.717, 1.165) is 35.8 Å². The first kappa shape index (κ1) is 15.6. The first-order valence-electron chi connectivity index (χ1n) is 7.49. The summed E-state index contributed by atoms with van der Waals surface area (Å²) in [6.07, 6.45) is 8.08. The molecule has 1 saturated carbocycles. The van der Waals surface area contributed by atoms with Gasteiger partial charge in [-0.2, -0.15) is 0 Å². The van der Waals surface area contributed by atoms with E-state index in [1.165, 1.54) is 11.3 Å². The van der Waals surface area contributed by atoms with E-state index < -0.39 is 0 Å². The summed E-state index contributed by atoms with van der Waals surface area (Å²) in [7, 11) is 2.02. The van der Waals surface area contributed by atoms with Gasteiger partial charge in [0.15, 0.2) is 5.16 Å². The maximum atomic E-state index is 12.1. The minimum absolute atomic E-state index is 0.0374. The third kappa shape index (κ3) is 3.70. The number of thiazole rings is 1. The van der Waals surface area contributed by atoms with Crippen molar-refractivity contribution < 1.29 is 4.79 Å². The molecule has 2 aromatic heterocycles. The van der Waals surface area contributed by atoms with E-state index in [0.29, 0.717) is 10.9 Å². The Morgan fingerprint density at radius 3 is 2.77 bits per heavy atom. The Labute approximate surface area is 138 Å². The summed E-state index contributed by atoms with van der Waals surface area (Å²) in [5.74, 6) is -0.0374. The van der Waals surface area contributed by atoms with E-state index in [1.807, 2.05) is 43.5 Å². The van der Waals surface area contributed by atoms with Crippen LogP contribution >= 0.6 is 23.1 Å². The van der Waals surface area contributed by atoms with Gasteiger partial charge in [-0.15, -0.1) is 11.3 Å². The highest BCUT2D eigenvalue weighted by atomic mass is 32.2. The van der Waals surface area contributed by atoms with Gasteiger partial charge in [-0.3, -0.25) is 4.79 Å². The minimum atomic E-state index is -0.0374. The summed E-state index contributed by atoms with van der Waals surface area (Å²) in [6, 6.07) is 0.271. The second kappa shape index (κ2) is 6.83. The fraction of sp³-hybridized carbons (Fsp3) is 0.533. The fourth-order valence-corrected chi connectivity index (χ4v) is 4.41. The Morgan fingerprint density at radius 1 is 1.41 bits per heavy atom. The monoisotopic (exact) mass is 336 g/mol. The zero-order chi connectivity index (χ0) is 15.5. The van der Waals surface area contributed by atoms with Crippen molar-refractivity contribution in [3.63, 3.8) is 0 Å². The van der Waals surface area contributed by atoms with E-state index in [4.69, 9.17) is 0 Å². The third-order valence-corrected chi connectivity index (χ3v) is 6.09. The molecule has 2 aromatic rings. The Balaban J connectivity index is 1.47. The Bertz CT molecular complexity index is 644. The zero-order valence-electron chi connectivity index (χ0n) is 12.8. The second-order valence-electron chi connectivity index (χ2n) is 5.64. The van der Waals surface area contributed by atoms with Crippen LogP contribution in [0.1, 0.15) is 41.2 Å². The highest BCUT2D eigenvalue weighted by molar-refractivity contribution is 7.99. The van der Waals surface area contributed by atoms with Crippen molar-refractivity contribution in [2.45, 2.75) is 49.1 Å². The molecule has 118 valence electrons. The summed E-state index contributed by atoms with van der Waals surface area (Å²) in [5, 5.41) is 7.54. The van der Waals surface area contributed by atoms with Gasteiger partial charge < -0.3 is 9.88 Å². The number of nitrogens with zero attached hydrogens (tertiary/aromatic N) is 3. The van der Waals surface area contributed by atoms with Crippen molar-refractivity contribution in [2.75, 3.05) is 0 Å². The van der Waals surface area contributed by atoms with Crippen LogP contribution in [-0.2, 0) is 7.05 Å². The maximum absolute atomic E-state index is 12.1. The van der Waals surface area contributed by atoms with Crippen molar-refractivity contribution in [1.82, 2.24) is 19.9 Å². The van der Waals surface area contributed by atoms with Gasteiger partial charge in [-0.05, 0) is 32.6 Å². The molecule has 1 amide bonds. The van der Waals surface area contributed by atoms with E-state index >= 15 is 0 Å². The lowest BCUT2D eigenvalue weighted by Gasteiger charge is -2.28. The third-order valence-electron chi connectivity index (χ3n) is 3.91. The lowest BCUT2D eigenvalue weighted by Crippen LogP contribution is -2.38. The maximum Gasteiger partial charge on any atom is 0.270 e. The van der Waals surface area contributed by atoms with Crippen LogP contribution in [0.15, 0.2) is 22.9 Å². The molecule has 0 bridgehead atoms. The fourth-order valence-electron chi connectivity index (χ4n) is 2.67. The SMILES string of the molecule is Cc1nc(C(=O)NC2CCC(Sc3nccn3C)CC2)cs1. The molecule has 0 aliphatic heterocycles. The number of hydrogen-bond acceptors (Lipinski definition) is 5. The normalized spacial score (nSPS) is 21.7. The van der Waals surface area contributed by atoms with Crippen LogP contribution < -0.4 is 5.32 Å². The van der Waals surface area contributed by atoms with Crippen LogP contribution in [0.4, 0.5) is 0 Å². The number of aromatic nitrogens is 3. The molecule has 1 N–H and O–H groups in total.